The van der Waals surface area contributed by atoms with Crippen molar-refractivity contribution in [1.29, 1.82) is 0 Å². The lowest BCUT2D eigenvalue weighted by Gasteiger charge is -2.07. The van der Waals surface area contributed by atoms with E-state index in [1.165, 1.54) is 5.56 Å². The summed E-state index contributed by atoms with van der Waals surface area (Å²) >= 11 is 0. The van der Waals surface area contributed by atoms with E-state index in [0.29, 0.717) is 5.56 Å². The Bertz CT molecular complexity index is 679. The van der Waals surface area contributed by atoms with E-state index in [-0.39, 0.29) is 5.91 Å². The molecular formula is C18H20N2O. The quantitative estimate of drug-likeness (QED) is 0.676. The highest BCUT2D eigenvalue weighted by molar-refractivity contribution is 5.96. The average Bonchev–Trinajstić information content (AvgIpc) is 2.42. The van der Waals surface area contributed by atoms with E-state index in [1.54, 1.807) is 12.3 Å². The lowest BCUT2D eigenvalue weighted by atomic mass is 10.0. The molecule has 21 heavy (non-hydrogen) atoms. The Morgan fingerprint density at radius 3 is 2.24 bits per heavy atom. The van der Waals surface area contributed by atoms with Crippen molar-refractivity contribution in [3.05, 3.63) is 69.8 Å². The van der Waals surface area contributed by atoms with E-state index in [1.807, 2.05) is 39.0 Å². The van der Waals surface area contributed by atoms with Gasteiger partial charge >= 0.3 is 0 Å². The molecule has 0 radical (unpaired) electrons. The summed E-state index contributed by atoms with van der Waals surface area (Å²) in [6.07, 6.45) is 1.71. The highest BCUT2D eigenvalue weighted by Gasteiger charge is 2.06. The Hall–Kier alpha value is -2.42. The van der Waals surface area contributed by atoms with E-state index >= 15 is 0 Å². The minimum Gasteiger partial charge on any atom is -0.267 e. The molecule has 1 amide bonds. The number of hydrogen-bond donors (Lipinski definition) is 1. The summed E-state index contributed by atoms with van der Waals surface area (Å²) in [5, 5.41) is 4.09. The predicted octanol–water partition coefficient (Wildman–Crippen LogP) is 3.68. The lowest BCUT2D eigenvalue weighted by Crippen LogP contribution is -2.18. The minimum atomic E-state index is -0.188. The second-order valence-electron chi connectivity index (χ2n) is 5.33. The van der Waals surface area contributed by atoms with Gasteiger partial charge in [0.05, 0.1) is 6.21 Å². The highest BCUT2D eigenvalue weighted by atomic mass is 16.2. The van der Waals surface area contributed by atoms with E-state index in [2.05, 4.69) is 29.6 Å². The maximum atomic E-state index is 12.1. The largest absolute Gasteiger partial charge is 0.271 e. The number of hydrazone groups is 1. The Morgan fingerprint density at radius 1 is 1.00 bits per heavy atom. The first kappa shape index (κ1) is 15.0. The molecular weight excluding hydrogens is 260 g/mol. The van der Waals surface area contributed by atoms with Crippen LogP contribution < -0.4 is 5.43 Å². The summed E-state index contributed by atoms with van der Waals surface area (Å²) in [5.74, 6) is -0.188. The summed E-state index contributed by atoms with van der Waals surface area (Å²) in [5.41, 5.74) is 8.75. The van der Waals surface area contributed by atoms with Gasteiger partial charge in [-0.2, -0.15) is 5.10 Å². The Balaban J connectivity index is 2.13. The van der Waals surface area contributed by atoms with Crippen molar-refractivity contribution in [3.63, 3.8) is 0 Å². The van der Waals surface area contributed by atoms with Gasteiger partial charge in [0.25, 0.3) is 5.91 Å². The van der Waals surface area contributed by atoms with E-state index in [4.69, 9.17) is 0 Å². The number of rotatable bonds is 3. The number of benzene rings is 2. The molecule has 108 valence electrons. The fourth-order valence-corrected chi connectivity index (χ4v) is 2.44. The van der Waals surface area contributed by atoms with E-state index in [9.17, 15) is 4.79 Å². The summed E-state index contributed by atoms with van der Waals surface area (Å²) in [6.45, 7) is 8.07. The average molecular weight is 280 g/mol. The second-order valence-corrected chi connectivity index (χ2v) is 5.33. The molecule has 3 heteroatoms. The fourth-order valence-electron chi connectivity index (χ4n) is 2.44. The van der Waals surface area contributed by atoms with Gasteiger partial charge in [-0.1, -0.05) is 35.9 Å². The van der Waals surface area contributed by atoms with Crippen molar-refractivity contribution < 1.29 is 4.79 Å². The number of aryl methyl sites for hydroxylation is 4. The normalized spacial score (nSPS) is 10.9. The number of nitrogens with one attached hydrogen (secondary N) is 1. The van der Waals surface area contributed by atoms with Crippen molar-refractivity contribution in [2.75, 3.05) is 0 Å². The van der Waals surface area contributed by atoms with E-state index in [0.717, 1.165) is 22.3 Å². The third-order valence-corrected chi connectivity index (χ3v) is 3.49. The van der Waals surface area contributed by atoms with Crippen LogP contribution in [0.2, 0.25) is 0 Å². The summed E-state index contributed by atoms with van der Waals surface area (Å²) in [4.78, 5) is 12.1. The minimum absolute atomic E-state index is 0.188. The number of amides is 1. The van der Waals surface area contributed by atoms with Gasteiger partial charge in [0, 0.05) is 11.1 Å². The molecule has 2 aromatic carbocycles. The molecule has 1 N–H and O–H groups in total. The molecule has 0 aliphatic rings. The fraction of sp³-hybridized carbons (Fsp3) is 0.222. The van der Waals surface area contributed by atoms with Crippen molar-refractivity contribution in [3.8, 4) is 0 Å². The van der Waals surface area contributed by atoms with Crippen LogP contribution in [0, 0.1) is 27.7 Å². The third-order valence-electron chi connectivity index (χ3n) is 3.49. The zero-order valence-electron chi connectivity index (χ0n) is 12.9. The van der Waals surface area contributed by atoms with Gasteiger partial charge in [-0.3, -0.25) is 4.79 Å². The first-order chi connectivity index (χ1) is 9.99. The zero-order chi connectivity index (χ0) is 15.4. The number of hydrogen-bond acceptors (Lipinski definition) is 2. The highest BCUT2D eigenvalue weighted by Crippen LogP contribution is 2.14. The molecule has 2 aromatic rings. The van der Waals surface area contributed by atoms with Gasteiger partial charge in [0.1, 0.15) is 0 Å². The van der Waals surface area contributed by atoms with Crippen molar-refractivity contribution >= 4 is 12.1 Å². The summed E-state index contributed by atoms with van der Waals surface area (Å²) < 4.78 is 0. The number of carbonyl (C=O) groups is 1. The standard InChI is InChI=1S/C18H20N2O/c1-12-9-14(3)17(15(4)10-12)11-19-20-18(21)16-8-6-5-7-13(16)2/h5-11H,1-4H3,(H,20,21). The molecule has 0 aliphatic heterocycles. The first-order valence-corrected chi connectivity index (χ1v) is 6.96. The van der Waals surface area contributed by atoms with Gasteiger partial charge in [-0.25, -0.2) is 5.43 Å². The zero-order valence-corrected chi connectivity index (χ0v) is 12.9. The van der Waals surface area contributed by atoms with Gasteiger partial charge in [0.2, 0.25) is 0 Å². The predicted molar refractivity (Wildman–Crippen MR) is 86.9 cm³/mol. The van der Waals surface area contributed by atoms with Gasteiger partial charge in [-0.05, 0) is 50.5 Å². The SMILES string of the molecule is Cc1cc(C)c(C=NNC(=O)c2ccccc2C)c(C)c1. The molecule has 0 spiro atoms. The molecule has 0 heterocycles. The maximum Gasteiger partial charge on any atom is 0.271 e. The Labute approximate surface area is 125 Å². The number of carbonyl (C=O) groups excluding carboxylic acids is 1. The van der Waals surface area contributed by atoms with Gasteiger partial charge in [-0.15, -0.1) is 0 Å². The summed E-state index contributed by atoms with van der Waals surface area (Å²) in [7, 11) is 0. The monoisotopic (exact) mass is 280 g/mol. The van der Waals surface area contributed by atoms with Crippen LogP contribution in [-0.2, 0) is 0 Å². The van der Waals surface area contributed by atoms with Crippen LogP contribution in [0.4, 0.5) is 0 Å². The van der Waals surface area contributed by atoms with Gasteiger partial charge in [0.15, 0.2) is 0 Å². The molecule has 0 fully saturated rings. The van der Waals surface area contributed by atoms with Crippen LogP contribution in [0.25, 0.3) is 0 Å². The van der Waals surface area contributed by atoms with Crippen LogP contribution in [0.15, 0.2) is 41.5 Å². The van der Waals surface area contributed by atoms with Crippen LogP contribution in [0.3, 0.4) is 0 Å². The van der Waals surface area contributed by atoms with Crippen LogP contribution in [-0.4, -0.2) is 12.1 Å². The molecule has 0 unspecified atom stereocenters. The molecule has 3 nitrogen and oxygen atoms in total. The third kappa shape index (κ3) is 3.57. The molecule has 0 bridgehead atoms. The number of nitrogens with zero attached hydrogens (tertiary/aromatic N) is 1. The molecule has 0 aromatic heterocycles. The van der Waals surface area contributed by atoms with Crippen molar-refractivity contribution in [1.82, 2.24) is 5.43 Å². The molecule has 0 saturated carbocycles. The van der Waals surface area contributed by atoms with Gasteiger partial charge < -0.3 is 0 Å². The molecule has 0 atom stereocenters. The second kappa shape index (κ2) is 6.35. The van der Waals surface area contributed by atoms with Crippen LogP contribution in [0.1, 0.15) is 38.2 Å². The Kier molecular flexibility index (Phi) is 4.53. The lowest BCUT2D eigenvalue weighted by molar-refractivity contribution is 0.0954. The summed E-state index contributed by atoms with van der Waals surface area (Å²) in [6, 6.07) is 11.7. The van der Waals surface area contributed by atoms with Crippen LogP contribution >= 0.6 is 0 Å². The van der Waals surface area contributed by atoms with Crippen molar-refractivity contribution in [2.45, 2.75) is 27.7 Å². The Morgan fingerprint density at radius 2 is 1.62 bits per heavy atom. The van der Waals surface area contributed by atoms with E-state index < -0.39 is 0 Å². The molecule has 2 rings (SSSR count). The topological polar surface area (TPSA) is 41.5 Å². The smallest absolute Gasteiger partial charge is 0.267 e. The van der Waals surface area contributed by atoms with Crippen molar-refractivity contribution in [2.24, 2.45) is 5.10 Å². The molecule has 0 saturated heterocycles. The molecule has 0 aliphatic carbocycles. The maximum absolute atomic E-state index is 12.1. The van der Waals surface area contributed by atoms with Crippen LogP contribution in [0.5, 0.6) is 0 Å². The first-order valence-electron chi connectivity index (χ1n) is 6.96.